The van der Waals surface area contributed by atoms with Crippen LogP contribution < -0.4 is 5.32 Å². The summed E-state index contributed by atoms with van der Waals surface area (Å²) < 4.78 is 31.9. The molecule has 3 N–H and O–H groups in total. The lowest BCUT2D eigenvalue weighted by molar-refractivity contribution is -0.300. The number of nitrogens with one attached hydrogen (secondary N) is 1. The highest BCUT2D eigenvalue weighted by Crippen LogP contribution is 2.47. The fraction of sp³-hybridized carbons (Fsp3) is 0.561. The second-order valence-corrected chi connectivity index (χ2v) is 15.6. The van der Waals surface area contributed by atoms with Gasteiger partial charge < -0.3 is 33.9 Å². The minimum Gasteiger partial charge on any atom is -0.462 e. The SMILES string of the molecule is CC[C@H](C)[C@H]1O[C@]2(C=C[C@@H]1C)C[C@@H]1C[C@@H](C/C=C(\C)[C@@H](O)[C@@H](C)/C=C/C=C3\CO[C@@H]4[C@H](OC(=O)Nc5ccc(Cl)cc5)C(C)=C[C@@H](C(=O)O1)[C@]34O)O2. The van der Waals surface area contributed by atoms with Crippen molar-refractivity contribution in [3.63, 3.8) is 0 Å². The number of carbonyl (C=O) groups excluding carboxylic acids is 2. The number of esters is 1. The molecular weight excluding hydrogens is 686 g/mol. The second kappa shape index (κ2) is 15.6. The number of fused-ring (bicyclic) bond motifs is 2. The van der Waals surface area contributed by atoms with Gasteiger partial charge in [-0.05, 0) is 73.2 Å². The van der Waals surface area contributed by atoms with Crippen molar-refractivity contribution < 1.29 is 43.5 Å². The van der Waals surface area contributed by atoms with E-state index in [0.717, 1.165) is 12.0 Å². The van der Waals surface area contributed by atoms with Crippen LogP contribution in [0, 0.1) is 23.7 Å². The molecule has 0 radical (unpaired) electrons. The lowest BCUT2D eigenvalue weighted by Crippen LogP contribution is -2.59. The number of aliphatic hydroxyl groups excluding tert-OH is 1. The summed E-state index contributed by atoms with van der Waals surface area (Å²) in [7, 11) is 0. The van der Waals surface area contributed by atoms with E-state index in [1.807, 2.05) is 32.1 Å². The van der Waals surface area contributed by atoms with Crippen LogP contribution in [0.4, 0.5) is 10.5 Å². The standard InChI is InChI=1S/C41H52ClNO9/c1-7-23(2)35-26(5)17-18-40(52-35)21-32-20-31(51-40)16-11-25(4)34(44)24(3)9-8-10-28-22-48-37-36(27(6)19-33(38(45)49-32)41(28,37)47)50-39(46)43-30-14-12-29(42)13-15-30/h8-15,17-19,23-24,26,31-37,44,47H,7,16,20-22H2,1-6H3,(H,43,46)/b9-8+,25-11+,28-10+/t23-,24-,26-,31+,32-,33-,34-,35+,36+,37+,40+,41+/m0/s1. The Bertz CT molecular complexity index is 1650. The highest BCUT2D eigenvalue weighted by atomic mass is 35.5. The summed E-state index contributed by atoms with van der Waals surface area (Å²) in [5.74, 6) is -2.69. The first kappa shape index (κ1) is 38.5. The minimum atomic E-state index is -1.90. The maximum Gasteiger partial charge on any atom is 0.412 e. The van der Waals surface area contributed by atoms with Crippen LogP contribution >= 0.6 is 11.6 Å². The molecule has 1 spiro atoms. The lowest BCUT2D eigenvalue weighted by atomic mass is 9.70. The molecule has 4 aliphatic heterocycles. The van der Waals surface area contributed by atoms with Crippen LogP contribution in [0.5, 0.6) is 0 Å². The Labute approximate surface area is 311 Å². The monoisotopic (exact) mass is 737 g/mol. The molecule has 0 saturated carbocycles. The number of ether oxygens (including phenoxy) is 5. The first-order chi connectivity index (χ1) is 24.7. The van der Waals surface area contributed by atoms with Crippen molar-refractivity contribution in [3.05, 3.63) is 88.5 Å². The molecule has 0 unspecified atom stereocenters. The molecule has 6 rings (SSSR count). The predicted molar refractivity (Wildman–Crippen MR) is 197 cm³/mol. The molecule has 1 amide bonds. The molecule has 282 valence electrons. The minimum absolute atomic E-state index is 0.0127. The summed E-state index contributed by atoms with van der Waals surface area (Å²) in [4.78, 5) is 27.5. The van der Waals surface area contributed by atoms with E-state index in [0.29, 0.717) is 34.7 Å². The van der Waals surface area contributed by atoms with Crippen molar-refractivity contribution in [2.75, 3.05) is 11.9 Å². The number of carbonyl (C=O) groups is 2. The van der Waals surface area contributed by atoms with E-state index in [-0.39, 0.29) is 43.0 Å². The number of anilines is 1. The Morgan fingerprint density at radius 3 is 2.58 bits per heavy atom. The van der Waals surface area contributed by atoms with Gasteiger partial charge in [0.05, 0.1) is 24.9 Å². The van der Waals surface area contributed by atoms with E-state index in [1.165, 1.54) is 0 Å². The van der Waals surface area contributed by atoms with Crippen LogP contribution in [0.1, 0.15) is 67.2 Å². The molecule has 52 heavy (non-hydrogen) atoms. The second-order valence-electron chi connectivity index (χ2n) is 15.2. The molecule has 1 aromatic rings. The number of hydrogen-bond donors (Lipinski definition) is 3. The van der Waals surface area contributed by atoms with Crippen molar-refractivity contribution in [3.8, 4) is 0 Å². The summed E-state index contributed by atoms with van der Waals surface area (Å²) in [5, 5.41) is 27.1. The third kappa shape index (κ3) is 7.84. The molecule has 0 aromatic heterocycles. The summed E-state index contributed by atoms with van der Waals surface area (Å²) in [6.07, 6.45) is 10.4. The average Bonchev–Trinajstić information content (AvgIpc) is 3.45. The van der Waals surface area contributed by atoms with Crippen molar-refractivity contribution >= 4 is 29.4 Å². The first-order valence-corrected chi connectivity index (χ1v) is 18.8. The molecule has 2 bridgehead atoms. The van der Waals surface area contributed by atoms with E-state index in [4.69, 9.17) is 35.3 Å². The van der Waals surface area contributed by atoms with Gasteiger partial charge >= 0.3 is 12.1 Å². The van der Waals surface area contributed by atoms with E-state index >= 15 is 0 Å². The third-order valence-electron chi connectivity index (χ3n) is 11.4. The third-order valence-corrected chi connectivity index (χ3v) is 11.6. The average molecular weight is 738 g/mol. The van der Waals surface area contributed by atoms with Gasteiger partial charge in [0.1, 0.15) is 23.7 Å². The number of aliphatic hydroxyl groups is 2. The summed E-state index contributed by atoms with van der Waals surface area (Å²) in [5.41, 5.74) is 0.341. The molecule has 12 atom stereocenters. The van der Waals surface area contributed by atoms with Gasteiger partial charge in [-0.2, -0.15) is 0 Å². The molecule has 4 heterocycles. The molecule has 1 aromatic carbocycles. The maximum absolute atomic E-state index is 14.4. The summed E-state index contributed by atoms with van der Waals surface area (Å²) in [6, 6.07) is 6.58. The van der Waals surface area contributed by atoms with Crippen molar-refractivity contribution in [1.82, 2.24) is 0 Å². The van der Waals surface area contributed by atoms with Gasteiger partial charge in [-0.1, -0.05) is 82.2 Å². The number of halogens is 1. The van der Waals surface area contributed by atoms with Crippen LogP contribution in [-0.2, 0) is 28.5 Å². The van der Waals surface area contributed by atoms with E-state index in [9.17, 15) is 19.8 Å². The maximum atomic E-state index is 14.4. The zero-order chi connectivity index (χ0) is 37.4. The Balaban J connectivity index is 1.35. The summed E-state index contributed by atoms with van der Waals surface area (Å²) in [6.45, 7) is 12.0. The molecule has 10 nitrogen and oxygen atoms in total. The molecular formula is C41H52ClNO9. The van der Waals surface area contributed by atoms with E-state index in [2.05, 4.69) is 32.2 Å². The van der Waals surface area contributed by atoms with Crippen molar-refractivity contribution in [2.24, 2.45) is 23.7 Å². The zero-order valence-corrected chi connectivity index (χ0v) is 31.5. The predicted octanol–water partition coefficient (Wildman–Crippen LogP) is 7.22. The van der Waals surface area contributed by atoms with Crippen LogP contribution in [0.15, 0.2) is 83.5 Å². The van der Waals surface area contributed by atoms with Crippen LogP contribution in [-0.4, -0.2) is 76.9 Å². The number of rotatable bonds is 4. The highest BCUT2D eigenvalue weighted by molar-refractivity contribution is 6.30. The van der Waals surface area contributed by atoms with E-state index in [1.54, 1.807) is 49.4 Å². The fourth-order valence-electron chi connectivity index (χ4n) is 8.09. The number of allylic oxidation sites excluding steroid dienone is 2. The quantitative estimate of drug-likeness (QED) is 0.217. The Kier molecular flexibility index (Phi) is 11.6. The number of amides is 1. The largest absolute Gasteiger partial charge is 0.462 e. The fourth-order valence-corrected chi connectivity index (χ4v) is 8.21. The summed E-state index contributed by atoms with van der Waals surface area (Å²) >= 11 is 6.00. The van der Waals surface area contributed by atoms with Crippen LogP contribution in [0.25, 0.3) is 0 Å². The van der Waals surface area contributed by atoms with Crippen LogP contribution in [0.2, 0.25) is 5.02 Å². The topological polar surface area (TPSA) is 133 Å². The zero-order valence-electron chi connectivity index (χ0n) is 30.8. The molecule has 2 saturated heterocycles. The first-order valence-electron chi connectivity index (χ1n) is 18.5. The Morgan fingerprint density at radius 2 is 1.85 bits per heavy atom. The van der Waals surface area contributed by atoms with Gasteiger partial charge in [-0.3, -0.25) is 10.1 Å². The van der Waals surface area contributed by atoms with Crippen molar-refractivity contribution in [2.45, 2.75) is 115 Å². The van der Waals surface area contributed by atoms with Gasteiger partial charge in [-0.25, -0.2) is 4.79 Å². The van der Waals surface area contributed by atoms with Gasteiger partial charge in [0.25, 0.3) is 0 Å². The number of hydrogen-bond acceptors (Lipinski definition) is 9. The van der Waals surface area contributed by atoms with Gasteiger partial charge in [0.15, 0.2) is 11.9 Å². The molecule has 2 fully saturated rings. The van der Waals surface area contributed by atoms with Crippen molar-refractivity contribution in [1.29, 1.82) is 0 Å². The molecule has 1 aliphatic carbocycles. The smallest absolute Gasteiger partial charge is 0.412 e. The number of benzene rings is 1. The van der Waals surface area contributed by atoms with Gasteiger partial charge in [0, 0.05) is 35.4 Å². The molecule has 5 aliphatic rings. The molecule has 11 heteroatoms. The van der Waals surface area contributed by atoms with Crippen LogP contribution in [0.3, 0.4) is 0 Å². The normalized spacial score (nSPS) is 41.0. The Hall–Kier alpha value is -3.25. The Morgan fingerprint density at radius 1 is 1.10 bits per heavy atom. The van der Waals surface area contributed by atoms with Gasteiger partial charge in [0.2, 0.25) is 0 Å². The van der Waals surface area contributed by atoms with E-state index < -0.39 is 53.8 Å². The highest BCUT2D eigenvalue weighted by Gasteiger charge is 2.61. The lowest BCUT2D eigenvalue weighted by Gasteiger charge is -2.48. The van der Waals surface area contributed by atoms with Gasteiger partial charge in [-0.15, -0.1) is 0 Å².